The van der Waals surface area contributed by atoms with Crippen LogP contribution in [0, 0.1) is 0 Å². The molecule has 2 amide bonds. The third kappa shape index (κ3) is 3.13. The van der Waals surface area contributed by atoms with Crippen molar-refractivity contribution in [3.8, 4) is 0 Å². The predicted molar refractivity (Wildman–Crippen MR) is 67.9 cm³/mol. The van der Waals surface area contributed by atoms with Crippen LogP contribution in [0.3, 0.4) is 0 Å². The quantitative estimate of drug-likeness (QED) is 0.660. The van der Waals surface area contributed by atoms with E-state index in [1.807, 2.05) is 16.7 Å². The highest BCUT2D eigenvalue weighted by Gasteiger charge is 2.34. The molecule has 0 saturated carbocycles. The zero-order valence-electron chi connectivity index (χ0n) is 10.3. The minimum Gasteiger partial charge on any atom is -0.353 e. The van der Waals surface area contributed by atoms with Crippen molar-refractivity contribution in [1.29, 1.82) is 0 Å². The van der Waals surface area contributed by atoms with E-state index in [4.69, 9.17) is 0 Å². The topological polar surface area (TPSA) is 61.4 Å². The number of thioether (sulfide) groups is 1. The summed E-state index contributed by atoms with van der Waals surface area (Å²) in [5.41, 5.74) is 0. The molecule has 0 aromatic rings. The number of carbonyl (C=O) groups is 2. The average molecular weight is 257 g/mol. The first kappa shape index (κ1) is 12.7. The normalized spacial score (nSPS) is 28.7. The van der Waals surface area contributed by atoms with E-state index in [2.05, 4.69) is 24.5 Å². The van der Waals surface area contributed by atoms with Gasteiger partial charge in [0.25, 0.3) is 0 Å². The Kier molecular flexibility index (Phi) is 3.63. The SMILES string of the molecule is CC1(C)CN(C(=O)C2CNC(=O)CN2)CCS1. The van der Waals surface area contributed by atoms with Gasteiger partial charge in [0, 0.05) is 30.1 Å². The highest BCUT2D eigenvalue weighted by atomic mass is 32.2. The average Bonchev–Trinajstić information content (AvgIpc) is 2.28. The summed E-state index contributed by atoms with van der Waals surface area (Å²) >= 11 is 1.90. The Labute approximate surface area is 106 Å². The van der Waals surface area contributed by atoms with Crippen LogP contribution in [0.5, 0.6) is 0 Å². The number of hydrogen-bond acceptors (Lipinski definition) is 4. The molecular weight excluding hydrogens is 238 g/mol. The molecule has 5 nitrogen and oxygen atoms in total. The molecule has 0 bridgehead atoms. The first-order valence-corrected chi connectivity index (χ1v) is 6.89. The second-order valence-electron chi connectivity index (χ2n) is 5.11. The molecule has 0 aromatic carbocycles. The molecule has 2 rings (SSSR count). The molecule has 96 valence electrons. The van der Waals surface area contributed by atoms with Crippen LogP contribution in [0.4, 0.5) is 0 Å². The van der Waals surface area contributed by atoms with Crippen molar-refractivity contribution in [3.05, 3.63) is 0 Å². The first-order valence-electron chi connectivity index (χ1n) is 5.91. The lowest BCUT2D eigenvalue weighted by Crippen LogP contribution is -2.60. The zero-order chi connectivity index (χ0) is 12.5. The number of nitrogens with one attached hydrogen (secondary N) is 2. The second-order valence-corrected chi connectivity index (χ2v) is 6.91. The fourth-order valence-corrected chi connectivity index (χ4v) is 3.28. The lowest BCUT2D eigenvalue weighted by Gasteiger charge is -2.39. The van der Waals surface area contributed by atoms with Crippen molar-refractivity contribution >= 4 is 23.6 Å². The number of carbonyl (C=O) groups excluding carboxylic acids is 2. The fourth-order valence-electron chi connectivity index (χ4n) is 2.17. The molecule has 2 aliphatic rings. The molecule has 17 heavy (non-hydrogen) atoms. The molecule has 2 heterocycles. The fraction of sp³-hybridized carbons (Fsp3) is 0.818. The third-order valence-corrected chi connectivity index (χ3v) is 4.35. The van der Waals surface area contributed by atoms with Crippen LogP contribution < -0.4 is 10.6 Å². The van der Waals surface area contributed by atoms with Gasteiger partial charge in [-0.1, -0.05) is 0 Å². The minimum atomic E-state index is -0.258. The van der Waals surface area contributed by atoms with Crippen LogP contribution in [0.15, 0.2) is 0 Å². The van der Waals surface area contributed by atoms with Crippen LogP contribution in [0.2, 0.25) is 0 Å². The van der Waals surface area contributed by atoms with Gasteiger partial charge in [0.15, 0.2) is 0 Å². The number of amides is 2. The van der Waals surface area contributed by atoms with Crippen molar-refractivity contribution in [2.45, 2.75) is 24.6 Å². The van der Waals surface area contributed by atoms with Crippen LogP contribution >= 0.6 is 11.8 Å². The Morgan fingerprint density at radius 1 is 1.53 bits per heavy atom. The van der Waals surface area contributed by atoms with Gasteiger partial charge in [-0.2, -0.15) is 11.8 Å². The molecule has 2 fully saturated rings. The van der Waals surface area contributed by atoms with Gasteiger partial charge in [0.05, 0.1) is 6.54 Å². The van der Waals surface area contributed by atoms with Crippen molar-refractivity contribution in [1.82, 2.24) is 15.5 Å². The Hall–Kier alpha value is -0.750. The van der Waals surface area contributed by atoms with Crippen molar-refractivity contribution in [2.24, 2.45) is 0 Å². The van der Waals surface area contributed by atoms with E-state index in [-0.39, 0.29) is 29.1 Å². The van der Waals surface area contributed by atoms with E-state index in [1.165, 1.54) is 0 Å². The van der Waals surface area contributed by atoms with Gasteiger partial charge >= 0.3 is 0 Å². The molecule has 0 spiro atoms. The van der Waals surface area contributed by atoms with E-state index >= 15 is 0 Å². The maximum absolute atomic E-state index is 12.3. The summed E-state index contributed by atoms with van der Waals surface area (Å²) in [6, 6.07) is -0.258. The van der Waals surface area contributed by atoms with Crippen molar-refractivity contribution < 1.29 is 9.59 Å². The molecule has 1 atom stereocenters. The molecule has 0 aliphatic carbocycles. The van der Waals surface area contributed by atoms with E-state index in [1.54, 1.807) is 0 Å². The van der Waals surface area contributed by atoms with Gasteiger partial charge < -0.3 is 10.2 Å². The summed E-state index contributed by atoms with van der Waals surface area (Å²) in [5, 5.41) is 5.70. The predicted octanol–water partition coefficient (Wildman–Crippen LogP) is -0.572. The summed E-state index contributed by atoms with van der Waals surface area (Å²) in [6.07, 6.45) is 0. The monoisotopic (exact) mass is 257 g/mol. The van der Waals surface area contributed by atoms with Gasteiger partial charge in [-0.15, -0.1) is 0 Å². The standard InChI is InChI=1S/C11H19N3O2S/c1-11(2)7-14(3-4-17-11)10(16)8-5-13-9(15)6-12-8/h8,12H,3-7H2,1-2H3,(H,13,15). The number of piperazine rings is 1. The van der Waals surface area contributed by atoms with Gasteiger partial charge in [0.1, 0.15) is 6.04 Å². The van der Waals surface area contributed by atoms with Gasteiger partial charge in [-0.05, 0) is 13.8 Å². The molecule has 0 aromatic heterocycles. The van der Waals surface area contributed by atoms with Gasteiger partial charge in [0.2, 0.25) is 11.8 Å². The molecular formula is C11H19N3O2S. The molecule has 0 radical (unpaired) electrons. The van der Waals surface area contributed by atoms with E-state index < -0.39 is 0 Å². The van der Waals surface area contributed by atoms with Crippen LogP contribution in [0.1, 0.15) is 13.8 Å². The Morgan fingerprint density at radius 2 is 2.29 bits per heavy atom. The number of nitrogens with zero attached hydrogens (tertiary/aromatic N) is 1. The van der Waals surface area contributed by atoms with Crippen molar-refractivity contribution in [2.75, 3.05) is 31.9 Å². The lowest BCUT2D eigenvalue weighted by molar-refractivity contribution is -0.135. The van der Waals surface area contributed by atoms with Gasteiger partial charge in [-0.3, -0.25) is 14.9 Å². The zero-order valence-corrected chi connectivity index (χ0v) is 11.1. The second kappa shape index (κ2) is 4.86. The van der Waals surface area contributed by atoms with E-state index in [0.717, 1.165) is 18.8 Å². The Morgan fingerprint density at radius 3 is 2.88 bits per heavy atom. The third-order valence-electron chi connectivity index (χ3n) is 3.05. The summed E-state index contributed by atoms with van der Waals surface area (Å²) in [4.78, 5) is 25.2. The smallest absolute Gasteiger partial charge is 0.241 e. The first-order chi connectivity index (χ1) is 7.98. The lowest BCUT2D eigenvalue weighted by atomic mass is 10.1. The van der Waals surface area contributed by atoms with Gasteiger partial charge in [-0.25, -0.2) is 0 Å². The number of rotatable bonds is 1. The minimum absolute atomic E-state index is 0.0384. The van der Waals surface area contributed by atoms with E-state index in [9.17, 15) is 9.59 Å². The molecule has 2 aliphatic heterocycles. The maximum atomic E-state index is 12.3. The van der Waals surface area contributed by atoms with Crippen molar-refractivity contribution in [3.63, 3.8) is 0 Å². The van der Waals surface area contributed by atoms with Crippen LogP contribution in [-0.2, 0) is 9.59 Å². The molecule has 1 unspecified atom stereocenters. The summed E-state index contributed by atoms with van der Waals surface area (Å²) in [6.45, 7) is 6.55. The maximum Gasteiger partial charge on any atom is 0.241 e. The van der Waals surface area contributed by atoms with Crippen LogP contribution in [-0.4, -0.2) is 59.4 Å². The molecule has 2 N–H and O–H groups in total. The van der Waals surface area contributed by atoms with Crippen LogP contribution in [0.25, 0.3) is 0 Å². The highest BCUT2D eigenvalue weighted by molar-refractivity contribution is 8.00. The summed E-state index contributed by atoms with van der Waals surface area (Å²) < 4.78 is 0.131. The molecule has 2 saturated heterocycles. The number of hydrogen-bond donors (Lipinski definition) is 2. The van der Waals surface area contributed by atoms with E-state index in [0.29, 0.717) is 6.54 Å². The Balaban J connectivity index is 1.93. The largest absolute Gasteiger partial charge is 0.353 e. The summed E-state index contributed by atoms with van der Waals surface area (Å²) in [7, 11) is 0. The Bertz CT molecular complexity index is 323. The summed E-state index contributed by atoms with van der Waals surface area (Å²) in [5.74, 6) is 1.06. The molecule has 6 heteroatoms. The highest BCUT2D eigenvalue weighted by Crippen LogP contribution is 2.29.